The van der Waals surface area contributed by atoms with Gasteiger partial charge in [0, 0.05) is 25.0 Å². The molecule has 0 heterocycles. The van der Waals surface area contributed by atoms with Crippen molar-refractivity contribution in [1.29, 1.82) is 0 Å². The zero-order chi connectivity index (χ0) is 33.7. The Kier molecular flexibility index (Phi) is 28.2. The Balaban J connectivity index is 4.44. The Morgan fingerprint density at radius 3 is 1.38 bits per heavy atom. The molecule has 45 heavy (non-hydrogen) atoms. The third kappa shape index (κ3) is 32.5. The zero-order valence-electron chi connectivity index (χ0n) is 29.8. The number of likely N-dealkylation sites (N-methyl/N-ethyl adjacent to an activating group) is 1. The second-order valence-corrected chi connectivity index (χ2v) is 15.3. The normalized spacial score (nSPS) is 12.7. The van der Waals surface area contributed by atoms with Gasteiger partial charge in [-0.15, -0.1) is 0 Å². The van der Waals surface area contributed by atoms with Crippen LogP contribution in [0, 0.1) is 0 Å². The summed E-state index contributed by atoms with van der Waals surface area (Å²) in [6, 6.07) is 0. The minimum atomic E-state index is -4.28. The largest absolute Gasteiger partial charge is 0.748 e. The van der Waals surface area contributed by atoms with E-state index in [4.69, 9.17) is 9.47 Å². The second kappa shape index (κ2) is 29.0. The molecule has 9 heteroatoms. The van der Waals surface area contributed by atoms with E-state index < -0.39 is 22.0 Å². The van der Waals surface area contributed by atoms with Crippen molar-refractivity contribution < 1.29 is 36.5 Å². The van der Waals surface area contributed by atoms with Gasteiger partial charge in [0.15, 0.2) is 6.10 Å². The number of quaternary nitrogens is 1. The van der Waals surface area contributed by atoms with Crippen LogP contribution in [-0.4, -0.2) is 75.0 Å². The van der Waals surface area contributed by atoms with Gasteiger partial charge < -0.3 is 18.5 Å². The van der Waals surface area contributed by atoms with E-state index in [9.17, 15) is 22.6 Å². The molecule has 0 bridgehead atoms. The number of hydrogen-bond donors (Lipinski definition) is 0. The fraction of sp³-hybridized carbons (Fsp3) is 0.944. The van der Waals surface area contributed by atoms with Gasteiger partial charge in [0.05, 0.1) is 30.8 Å². The quantitative estimate of drug-likeness (QED) is 0.0299. The number of ether oxygens (including phenoxy) is 2. The molecular weight excluding hydrogens is 590 g/mol. The van der Waals surface area contributed by atoms with Gasteiger partial charge in [0.1, 0.15) is 13.2 Å². The first-order valence-electron chi connectivity index (χ1n) is 18.6. The molecule has 0 N–H and O–H groups in total. The molecule has 0 fully saturated rings. The monoisotopic (exact) mass is 661 g/mol. The molecule has 8 nitrogen and oxygen atoms in total. The van der Waals surface area contributed by atoms with Gasteiger partial charge in [-0.1, -0.05) is 142 Å². The molecule has 0 radical (unpaired) electrons. The first-order valence-corrected chi connectivity index (χ1v) is 20.2. The van der Waals surface area contributed by atoms with E-state index >= 15 is 0 Å². The van der Waals surface area contributed by atoms with E-state index in [1.807, 2.05) is 14.1 Å². The van der Waals surface area contributed by atoms with Gasteiger partial charge in [-0.05, 0) is 12.8 Å². The van der Waals surface area contributed by atoms with Crippen LogP contribution in [0.4, 0.5) is 0 Å². The van der Waals surface area contributed by atoms with Gasteiger partial charge in [0.25, 0.3) is 0 Å². The topological polar surface area (TPSA) is 110 Å². The predicted molar refractivity (Wildman–Crippen MR) is 184 cm³/mol. The van der Waals surface area contributed by atoms with E-state index in [0.29, 0.717) is 30.4 Å². The number of unbranched alkanes of at least 4 members (excludes halogenated alkanes) is 20. The Bertz CT molecular complexity index is 816. The van der Waals surface area contributed by atoms with Crippen LogP contribution < -0.4 is 0 Å². The summed E-state index contributed by atoms with van der Waals surface area (Å²) in [6.45, 7) is 5.27. The lowest BCUT2D eigenvalue weighted by Gasteiger charge is -2.33. The van der Waals surface area contributed by atoms with Crippen LogP contribution in [0.25, 0.3) is 0 Å². The van der Waals surface area contributed by atoms with E-state index in [1.165, 1.54) is 103 Å². The molecule has 0 rings (SSSR count). The molecule has 1 unspecified atom stereocenters. The number of rotatable bonds is 33. The van der Waals surface area contributed by atoms with E-state index in [1.54, 1.807) is 0 Å². The van der Waals surface area contributed by atoms with E-state index in [2.05, 4.69) is 13.8 Å². The van der Waals surface area contributed by atoms with Crippen LogP contribution in [0.2, 0.25) is 0 Å². The lowest BCUT2D eigenvalue weighted by Crippen LogP contribution is -2.49. The third-order valence-electron chi connectivity index (χ3n) is 8.55. The van der Waals surface area contributed by atoms with Crippen molar-refractivity contribution in [3.05, 3.63) is 0 Å². The van der Waals surface area contributed by atoms with Crippen molar-refractivity contribution in [1.82, 2.24) is 0 Å². The van der Waals surface area contributed by atoms with Crippen LogP contribution in [0.5, 0.6) is 0 Å². The fourth-order valence-electron chi connectivity index (χ4n) is 5.81. The first-order chi connectivity index (χ1) is 21.5. The van der Waals surface area contributed by atoms with Crippen molar-refractivity contribution in [3.63, 3.8) is 0 Å². The molecule has 0 amide bonds. The summed E-state index contributed by atoms with van der Waals surface area (Å²) in [5.41, 5.74) is 0. The average molecular weight is 662 g/mol. The molecule has 268 valence electrons. The summed E-state index contributed by atoms with van der Waals surface area (Å²) in [5.74, 6) is -0.995. The number of esters is 2. The maximum Gasteiger partial charge on any atom is 0.306 e. The highest BCUT2D eigenvalue weighted by molar-refractivity contribution is 7.85. The molecule has 0 aromatic rings. The second-order valence-electron chi connectivity index (χ2n) is 13.8. The van der Waals surface area contributed by atoms with Crippen molar-refractivity contribution >= 4 is 22.1 Å². The highest BCUT2D eigenvalue weighted by Crippen LogP contribution is 2.15. The molecule has 0 aliphatic rings. The Hall–Kier alpha value is -1.19. The highest BCUT2D eigenvalue weighted by atomic mass is 32.2. The summed E-state index contributed by atoms with van der Waals surface area (Å²) < 4.78 is 44.8. The molecule has 1 atom stereocenters. The van der Waals surface area contributed by atoms with Crippen LogP contribution >= 0.6 is 0 Å². The van der Waals surface area contributed by atoms with Crippen LogP contribution in [0.3, 0.4) is 0 Å². The Morgan fingerprint density at radius 1 is 0.600 bits per heavy atom. The average Bonchev–Trinajstić information content (AvgIpc) is 2.96. The molecule has 0 saturated carbocycles. The van der Waals surface area contributed by atoms with Gasteiger partial charge in [-0.2, -0.15) is 0 Å². The molecule has 0 aromatic heterocycles. The van der Waals surface area contributed by atoms with Gasteiger partial charge in [-0.3, -0.25) is 9.59 Å². The first kappa shape index (κ1) is 43.8. The number of carbonyl (C=O) groups excluding carboxylic acids is 2. The van der Waals surface area contributed by atoms with Gasteiger partial charge >= 0.3 is 11.9 Å². The van der Waals surface area contributed by atoms with Gasteiger partial charge in [0.2, 0.25) is 0 Å². The molecule has 0 aromatic carbocycles. The molecule has 0 saturated heterocycles. The summed E-state index contributed by atoms with van der Waals surface area (Å²) in [4.78, 5) is 25.1. The van der Waals surface area contributed by atoms with Crippen molar-refractivity contribution in [2.24, 2.45) is 0 Å². The van der Waals surface area contributed by atoms with Gasteiger partial charge in [-0.25, -0.2) is 8.42 Å². The molecule has 0 aliphatic carbocycles. The molecule has 0 aliphatic heterocycles. The van der Waals surface area contributed by atoms with Crippen LogP contribution in [0.1, 0.15) is 174 Å². The predicted octanol–water partition coefficient (Wildman–Crippen LogP) is 8.86. The standard InChI is InChI=1S/C36H71NO7S/c1-5-7-9-11-13-15-17-19-21-23-25-28-35(38)43-33-34(32-37(3,4)30-27-31-45(40,41)42)44-36(39)29-26-24-22-20-18-16-14-12-10-8-6-2/h34H,5-33H2,1-4H3. The lowest BCUT2D eigenvalue weighted by atomic mass is 10.1. The minimum absolute atomic E-state index is 0.0115. The van der Waals surface area contributed by atoms with Crippen molar-refractivity contribution in [2.45, 2.75) is 180 Å². The van der Waals surface area contributed by atoms with Crippen LogP contribution in [0.15, 0.2) is 0 Å². The van der Waals surface area contributed by atoms with Crippen LogP contribution in [-0.2, 0) is 29.2 Å². The maximum atomic E-state index is 12.7. The summed E-state index contributed by atoms with van der Waals surface area (Å²) >= 11 is 0. The lowest BCUT2D eigenvalue weighted by molar-refractivity contribution is -0.893. The Morgan fingerprint density at radius 2 is 0.978 bits per heavy atom. The SMILES string of the molecule is CCCCCCCCCCCCCC(=O)OCC(C[N+](C)(C)CCCS(=O)(=O)[O-])OC(=O)CCCCCCCCCCCCC. The number of carbonyl (C=O) groups is 2. The summed E-state index contributed by atoms with van der Waals surface area (Å²) in [7, 11) is -0.483. The van der Waals surface area contributed by atoms with E-state index in [-0.39, 0.29) is 25.0 Å². The van der Waals surface area contributed by atoms with Crippen molar-refractivity contribution in [2.75, 3.05) is 39.5 Å². The molecule has 0 spiro atoms. The summed E-state index contributed by atoms with van der Waals surface area (Å²) in [5, 5.41) is 0. The third-order valence-corrected chi connectivity index (χ3v) is 9.34. The zero-order valence-corrected chi connectivity index (χ0v) is 30.6. The fourth-order valence-corrected chi connectivity index (χ4v) is 6.29. The maximum absolute atomic E-state index is 12.7. The summed E-state index contributed by atoms with van der Waals surface area (Å²) in [6.07, 6.45) is 26.9. The number of hydrogen-bond acceptors (Lipinski definition) is 7. The Labute approximate surface area is 278 Å². The number of nitrogens with zero attached hydrogens (tertiary/aromatic N) is 1. The van der Waals surface area contributed by atoms with E-state index in [0.717, 1.165) is 38.5 Å². The highest BCUT2D eigenvalue weighted by Gasteiger charge is 2.26. The molecular formula is C36H71NO7S. The smallest absolute Gasteiger partial charge is 0.306 e. The van der Waals surface area contributed by atoms with Crippen molar-refractivity contribution in [3.8, 4) is 0 Å². The minimum Gasteiger partial charge on any atom is -0.748 e.